The lowest BCUT2D eigenvalue weighted by Crippen LogP contribution is -2.54. The summed E-state index contributed by atoms with van der Waals surface area (Å²) >= 11 is 3.38. The summed E-state index contributed by atoms with van der Waals surface area (Å²) in [6.07, 6.45) is -1.48. The van der Waals surface area contributed by atoms with Crippen LogP contribution in [0.25, 0.3) is 0 Å². The molecule has 26 heavy (non-hydrogen) atoms. The normalized spacial score (nSPS) is 30.0. The predicted molar refractivity (Wildman–Crippen MR) is 90.3 cm³/mol. The third-order valence-corrected chi connectivity index (χ3v) is 7.12. The number of hydrogen-bond acceptors (Lipinski definition) is 8. The number of aliphatic hydroxyl groups is 1. The zero-order valence-corrected chi connectivity index (χ0v) is 15.8. The van der Waals surface area contributed by atoms with E-state index in [1.165, 1.54) is 12.0 Å². The van der Waals surface area contributed by atoms with Gasteiger partial charge >= 0.3 is 6.09 Å². The number of fused-ring (bicyclic) bond motifs is 1. The molecule has 1 aliphatic carbocycles. The van der Waals surface area contributed by atoms with E-state index in [9.17, 15) is 28.4 Å². The molecule has 10 nitrogen and oxygen atoms in total. The number of nitro benzene ring substituents is 1. The van der Waals surface area contributed by atoms with Crippen LogP contribution in [0, 0.1) is 16.0 Å². The SMILES string of the molecule is COC(=O)N1[C@H]2[C@H](O)[C@H]([C@@H]2Br)[C@@H]1COS(=O)(=O)c1ccc([N+](=O)[O-])cc1. The molecule has 12 heteroatoms. The zero-order chi connectivity index (χ0) is 19.2. The molecule has 1 saturated carbocycles. The molecule has 2 saturated heterocycles. The second kappa shape index (κ2) is 6.76. The molecule has 3 aliphatic rings. The monoisotopic (exact) mass is 450 g/mol. The molecule has 3 fully saturated rings. The summed E-state index contributed by atoms with van der Waals surface area (Å²) in [5.41, 5.74) is -0.248. The van der Waals surface area contributed by atoms with E-state index in [0.29, 0.717) is 0 Å². The Morgan fingerprint density at radius 3 is 2.50 bits per heavy atom. The van der Waals surface area contributed by atoms with Crippen molar-refractivity contribution in [3.63, 3.8) is 0 Å². The van der Waals surface area contributed by atoms with E-state index in [-0.39, 0.29) is 27.9 Å². The Balaban J connectivity index is 1.74. The molecule has 1 aromatic carbocycles. The van der Waals surface area contributed by atoms with E-state index in [4.69, 9.17) is 8.92 Å². The first kappa shape index (κ1) is 19.0. The highest BCUT2D eigenvalue weighted by atomic mass is 79.9. The van der Waals surface area contributed by atoms with Crippen LogP contribution < -0.4 is 0 Å². The number of carbonyl (C=O) groups excluding carboxylic acids is 1. The maximum absolute atomic E-state index is 12.3. The van der Waals surface area contributed by atoms with Crippen molar-refractivity contribution >= 4 is 37.8 Å². The summed E-state index contributed by atoms with van der Waals surface area (Å²) in [5, 5.41) is 20.7. The van der Waals surface area contributed by atoms with Crippen molar-refractivity contribution in [2.75, 3.05) is 13.7 Å². The van der Waals surface area contributed by atoms with Gasteiger partial charge in [0.15, 0.2) is 0 Å². The average Bonchev–Trinajstić information content (AvgIpc) is 3.09. The number of non-ortho nitro benzene ring substituents is 1. The quantitative estimate of drug-likeness (QED) is 0.302. The first-order chi connectivity index (χ1) is 12.2. The van der Waals surface area contributed by atoms with Gasteiger partial charge in [-0.1, -0.05) is 15.9 Å². The average molecular weight is 451 g/mol. The molecule has 2 aliphatic heterocycles. The summed E-state index contributed by atoms with van der Waals surface area (Å²) in [6, 6.07) is 3.07. The summed E-state index contributed by atoms with van der Waals surface area (Å²) in [4.78, 5) is 22.8. The molecule has 0 unspecified atom stereocenters. The van der Waals surface area contributed by atoms with Crippen LogP contribution in [0.4, 0.5) is 10.5 Å². The van der Waals surface area contributed by atoms with Gasteiger partial charge in [0.2, 0.25) is 0 Å². The Hall–Kier alpha value is -1.76. The van der Waals surface area contributed by atoms with Crippen LogP contribution in [0.2, 0.25) is 0 Å². The number of hydrogen-bond donors (Lipinski definition) is 1. The number of benzene rings is 1. The highest BCUT2D eigenvalue weighted by molar-refractivity contribution is 9.09. The van der Waals surface area contributed by atoms with Gasteiger partial charge in [0.1, 0.15) is 0 Å². The molecule has 0 aromatic heterocycles. The van der Waals surface area contributed by atoms with E-state index >= 15 is 0 Å². The van der Waals surface area contributed by atoms with Crippen molar-refractivity contribution in [3.05, 3.63) is 34.4 Å². The number of nitro groups is 1. The topological polar surface area (TPSA) is 136 Å². The largest absolute Gasteiger partial charge is 0.453 e. The predicted octanol–water partition coefficient (Wildman–Crippen LogP) is 0.873. The van der Waals surface area contributed by atoms with Gasteiger partial charge < -0.3 is 9.84 Å². The molecule has 4 rings (SSSR count). The number of halogens is 1. The van der Waals surface area contributed by atoms with Crippen molar-refractivity contribution in [3.8, 4) is 0 Å². The molecule has 1 N–H and O–H groups in total. The van der Waals surface area contributed by atoms with Gasteiger partial charge in [-0.15, -0.1) is 0 Å². The molecular weight excluding hydrogens is 436 g/mol. The van der Waals surface area contributed by atoms with Gasteiger partial charge in [0, 0.05) is 22.9 Å². The molecule has 142 valence electrons. The number of aliphatic hydroxyl groups excluding tert-OH is 1. The van der Waals surface area contributed by atoms with E-state index in [0.717, 1.165) is 24.3 Å². The minimum atomic E-state index is -4.18. The second-order valence-electron chi connectivity index (χ2n) is 5.94. The van der Waals surface area contributed by atoms with Gasteiger partial charge in [-0.2, -0.15) is 8.42 Å². The lowest BCUT2D eigenvalue weighted by Gasteiger charge is -2.37. The Morgan fingerprint density at radius 1 is 1.38 bits per heavy atom. The van der Waals surface area contributed by atoms with Gasteiger partial charge in [-0.3, -0.25) is 19.2 Å². The molecule has 2 heterocycles. The highest BCUT2D eigenvalue weighted by Crippen LogP contribution is 2.50. The summed E-state index contributed by atoms with van der Waals surface area (Å²) in [7, 11) is -2.99. The fourth-order valence-corrected chi connectivity index (χ4v) is 5.52. The lowest BCUT2D eigenvalue weighted by molar-refractivity contribution is -0.384. The van der Waals surface area contributed by atoms with Crippen molar-refractivity contribution < 1.29 is 32.2 Å². The zero-order valence-electron chi connectivity index (χ0n) is 13.4. The molecule has 0 spiro atoms. The van der Waals surface area contributed by atoms with E-state index in [1.807, 2.05) is 0 Å². The standard InChI is InChI=1S/C14H15BrN2O8S/c1-24-14(19)16-9(10-11(15)12(16)13(10)18)6-25-26(22,23)8-4-2-7(3-5-8)17(20)21/h2-5,9-13,18H,6H2,1H3/t9-,10-,11-,12+,13+/m0/s1. The third-order valence-electron chi connectivity index (χ3n) is 4.68. The molecule has 1 aromatic rings. The Labute approximate surface area is 157 Å². The van der Waals surface area contributed by atoms with E-state index in [1.54, 1.807) is 0 Å². The first-order valence-electron chi connectivity index (χ1n) is 7.51. The number of ether oxygens (including phenoxy) is 1. The molecule has 2 bridgehead atoms. The van der Waals surface area contributed by atoms with Crippen LogP contribution in [-0.4, -0.2) is 66.2 Å². The minimum Gasteiger partial charge on any atom is -0.453 e. The Morgan fingerprint density at radius 2 is 2.00 bits per heavy atom. The number of rotatable bonds is 5. The van der Waals surface area contributed by atoms with Gasteiger partial charge in [0.25, 0.3) is 15.8 Å². The van der Waals surface area contributed by atoms with Crippen molar-refractivity contribution in [2.24, 2.45) is 5.92 Å². The molecule has 0 radical (unpaired) electrons. The number of carbonyl (C=O) groups is 1. The van der Waals surface area contributed by atoms with Crippen molar-refractivity contribution in [1.82, 2.24) is 4.90 Å². The summed E-state index contributed by atoms with van der Waals surface area (Å²) < 4.78 is 34.3. The van der Waals surface area contributed by atoms with Gasteiger partial charge in [0.05, 0.1) is 41.7 Å². The van der Waals surface area contributed by atoms with E-state index in [2.05, 4.69) is 15.9 Å². The van der Waals surface area contributed by atoms with Crippen LogP contribution in [0.3, 0.4) is 0 Å². The van der Waals surface area contributed by atoms with Crippen LogP contribution in [0.1, 0.15) is 0 Å². The maximum Gasteiger partial charge on any atom is 0.410 e. The van der Waals surface area contributed by atoms with Gasteiger partial charge in [-0.25, -0.2) is 4.79 Å². The minimum absolute atomic E-state index is 0.188. The maximum atomic E-state index is 12.3. The third kappa shape index (κ3) is 2.96. The number of amides is 1. The Bertz CT molecular complexity index is 820. The van der Waals surface area contributed by atoms with Crippen molar-refractivity contribution in [2.45, 2.75) is 27.9 Å². The van der Waals surface area contributed by atoms with Crippen LogP contribution in [0.15, 0.2) is 29.2 Å². The summed E-state index contributed by atoms with van der Waals surface area (Å²) in [5.74, 6) is -0.383. The van der Waals surface area contributed by atoms with Crippen molar-refractivity contribution in [1.29, 1.82) is 0 Å². The fourth-order valence-electron chi connectivity index (χ4n) is 3.37. The molecule has 1 amide bonds. The number of nitrogens with zero attached hydrogens (tertiary/aromatic N) is 2. The molecule has 5 atom stereocenters. The van der Waals surface area contributed by atoms with Crippen LogP contribution >= 0.6 is 15.9 Å². The van der Waals surface area contributed by atoms with E-state index < -0.39 is 39.3 Å². The Kier molecular flexibility index (Phi) is 4.94. The molecular formula is C14H15BrN2O8S. The van der Waals surface area contributed by atoms with Crippen LogP contribution in [0.5, 0.6) is 0 Å². The first-order valence-corrected chi connectivity index (χ1v) is 9.83. The van der Waals surface area contributed by atoms with Gasteiger partial charge in [-0.05, 0) is 12.1 Å². The van der Waals surface area contributed by atoms with Crippen LogP contribution in [-0.2, 0) is 19.0 Å². The smallest absolute Gasteiger partial charge is 0.410 e. The fraction of sp³-hybridized carbons (Fsp3) is 0.500. The highest BCUT2D eigenvalue weighted by Gasteiger charge is 2.66. The number of alkyl halides is 1. The second-order valence-corrected chi connectivity index (χ2v) is 8.61. The number of methoxy groups -OCH3 is 1. The lowest BCUT2D eigenvalue weighted by atomic mass is 9.79. The summed E-state index contributed by atoms with van der Waals surface area (Å²) in [6.45, 7) is -0.366.